The van der Waals surface area contributed by atoms with Gasteiger partial charge in [-0.15, -0.1) is 0 Å². The van der Waals surface area contributed by atoms with Crippen LogP contribution in [0.25, 0.3) is 0 Å². The first-order valence-electron chi connectivity index (χ1n) is 5.53. The van der Waals surface area contributed by atoms with Crippen LogP contribution in [0.4, 0.5) is 0 Å². The molecule has 0 radical (unpaired) electrons. The third-order valence-electron chi connectivity index (χ3n) is 2.54. The summed E-state index contributed by atoms with van der Waals surface area (Å²) in [6.07, 6.45) is 6.35. The molecule has 2 N–H and O–H groups in total. The summed E-state index contributed by atoms with van der Waals surface area (Å²) in [6, 6.07) is 6.32. The summed E-state index contributed by atoms with van der Waals surface area (Å²) in [5.41, 5.74) is 1.33. The number of aliphatic hydroxyl groups is 1. The SMILES string of the molecule is O=C(N[C@@H](CO)c1ccncc1)c1ccncc1. The van der Waals surface area contributed by atoms with E-state index in [0.717, 1.165) is 5.56 Å². The van der Waals surface area contributed by atoms with E-state index in [9.17, 15) is 9.90 Å². The van der Waals surface area contributed by atoms with Crippen LogP contribution in [-0.4, -0.2) is 27.6 Å². The highest BCUT2D eigenvalue weighted by atomic mass is 16.3. The molecule has 2 aromatic rings. The molecule has 0 saturated heterocycles. The van der Waals surface area contributed by atoms with Crippen molar-refractivity contribution in [1.29, 1.82) is 0 Å². The van der Waals surface area contributed by atoms with Gasteiger partial charge in [-0.3, -0.25) is 14.8 Å². The zero-order valence-corrected chi connectivity index (χ0v) is 9.65. The molecule has 1 atom stereocenters. The number of pyridine rings is 2. The molecule has 18 heavy (non-hydrogen) atoms. The standard InChI is InChI=1S/C13H13N3O2/c17-9-12(10-1-5-14-6-2-10)16-13(18)11-3-7-15-8-4-11/h1-8,12,17H,9H2,(H,16,18)/t12-/m0/s1. The van der Waals surface area contributed by atoms with E-state index in [0.29, 0.717) is 5.56 Å². The molecule has 0 aliphatic heterocycles. The zero-order chi connectivity index (χ0) is 12.8. The van der Waals surface area contributed by atoms with Gasteiger partial charge in [-0.2, -0.15) is 0 Å². The average Bonchev–Trinajstić information content (AvgIpc) is 2.46. The number of nitrogens with zero attached hydrogens (tertiary/aromatic N) is 2. The lowest BCUT2D eigenvalue weighted by atomic mass is 10.1. The van der Waals surface area contributed by atoms with Crippen LogP contribution in [0.1, 0.15) is 22.0 Å². The molecule has 0 aliphatic carbocycles. The Kier molecular flexibility index (Phi) is 3.98. The molecule has 2 heterocycles. The van der Waals surface area contributed by atoms with Gasteiger partial charge in [0.1, 0.15) is 0 Å². The van der Waals surface area contributed by atoms with Crippen LogP contribution in [0.15, 0.2) is 49.1 Å². The Morgan fingerprint density at radius 1 is 1.11 bits per heavy atom. The molecule has 0 aromatic carbocycles. The van der Waals surface area contributed by atoms with Crippen molar-refractivity contribution < 1.29 is 9.90 Å². The van der Waals surface area contributed by atoms with Gasteiger partial charge in [0.25, 0.3) is 5.91 Å². The number of aromatic nitrogens is 2. The number of nitrogens with one attached hydrogen (secondary N) is 1. The smallest absolute Gasteiger partial charge is 0.251 e. The Bertz CT molecular complexity index is 502. The van der Waals surface area contributed by atoms with Gasteiger partial charge in [-0.05, 0) is 29.8 Å². The molecule has 2 aromatic heterocycles. The maximum atomic E-state index is 11.9. The summed E-state index contributed by atoms with van der Waals surface area (Å²) < 4.78 is 0. The normalized spacial score (nSPS) is 11.8. The van der Waals surface area contributed by atoms with Gasteiger partial charge in [0, 0.05) is 30.4 Å². The van der Waals surface area contributed by atoms with Gasteiger partial charge in [0.15, 0.2) is 0 Å². The number of hydrogen-bond acceptors (Lipinski definition) is 4. The second kappa shape index (κ2) is 5.88. The molecule has 0 saturated carbocycles. The fourth-order valence-corrected chi connectivity index (χ4v) is 1.58. The van der Waals surface area contributed by atoms with Crippen molar-refractivity contribution in [2.45, 2.75) is 6.04 Å². The van der Waals surface area contributed by atoms with E-state index in [-0.39, 0.29) is 12.5 Å². The molecule has 0 spiro atoms. The number of rotatable bonds is 4. The summed E-state index contributed by atoms with van der Waals surface area (Å²) in [5, 5.41) is 12.1. The molecule has 5 heteroatoms. The average molecular weight is 243 g/mol. The van der Waals surface area contributed by atoms with Crippen LogP contribution in [-0.2, 0) is 0 Å². The molecular weight excluding hydrogens is 230 g/mol. The van der Waals surface area contributed by atoms with Crippen molar-refractivity contribution in [3.8, 4) is 0 Å². The Balaban J connectivity index is 2.10. The van der Waals surface area contributed by atoms with E-state index < -0.39 is 6.04 Å². The first kappa shape index (κ1) is 12.2. The van der Waals surface area contributed by atoms with Crippen LogP contribution in [0.2, 0.25) is 0 Å². The zero-order valence-electron chi connectivity index (χ0n) is 9.65. The highest BCUT2D eigenvalue weighted by Gasteiger charge is 2.14. The van der Waals surface area contributed by atoms with Crippen molar-refractivity contribution in [2.75, 3.05) is 6.61 Å². The number of amides is 1. The maximum absolute atomic E-state index is 11.9. The van der Waals surface area contributed by atoms with Crippen LogP contribution >= 0.6 is 0 Å². The predicted molar refractivity (Wildman–Crippen MR) is 65.8 cm³/mol. The molecule has 0 aliphatic rings. The van der Waals surface area contributed by atoms with Crippen molar-refractivity contribution in [3.05, 3.63) is 60.2 Å². The van der Waals surface area contributed by atoms with Gasteiger partial charge in [0.2, 0.25) is 0 Å². The summed E-state index contributed by atoms with van der Waals surface area (Å²) in [5.74, 6) is -0.242. The molecular formula is C13H13N3O2. The monoisotopic (exact) mass is 243 g/mol. The van der Waals surface area contributed by atoms with E-state index in [4.69, 9.17) is 0 Å². The minimum Gasteiger partial charge on any atom is -0.394 e. The molecule has 5 nitrogen and oxygen atoms in total. The van der Waals surface area contributed by atoms with Gasteiger partial charge in [-0.1, -0.05) is 0 Å². The number of carbonyl (C=O) groups excluding carboxylic acids is 1. The summed E-state index contributed by atoms with van der Waals surface area (Å²) in [4.78, 5) is 19.7. The third kappa shape index (κ3) is 2.89. The van der Waals surface area contributed by atoms with Crippen molar-refractivity contribution >= 4 is 5.91 Å². The van der Waals surface area contributed by atoms with Gasteiger partial charge in [0.05, 0.1) is 12.6 Å². The Morgan fingerprint density at radius 2 is 1.67 bits per heavy atom. The van der Waals surface area contributed by atoms with E-state index >= 15 is 0 Å². The quantitative estimate of drug-likeness (QED) is 0.838. The fourth-order valence-electron chi connectivity index (χ4n) is 1.58. The summed E-state index contributed by atoms with van der Waals surface area (Å²) >= 11 is 0. The minimum absolute atomic E-state index is 0.166. The highest BCUT2D eigenvalue weighted by molar-refractivity contribution is 5.94. The molecule has 0 bridgehead atoms. The molecule has 0 unspecified atom stereocenters. The van der Waals surface area contributed by atoms with Crippen molar-refractivity contribution in [2.24, 2.45) is 0 Å². The van der Waals surface area contributed by atoms with Crippen LogP contribution in [0, 0.1) is 0 Å². The number of carbonyl (C=O) groups is 1. The van der Waals surface area contributed by atoms with Crippen LogP contribution in [0.5, 0.6) is 0 Å². The van der Waals surface area contributed by atoms with Crippen LogP contribution in [0.3, 0.4) is 0 Å². The summed E-state index contributed by atoms with van der Waals surface area (Å²) in [7, 11) is 0. The predicted octanol–water partition coefficient (Wildman–Crippen LogP) is 0.940. The molecule has 92 valence electrons. The van der Waals surface area contributed by atoms with E-state index in [1.807, 2.05) is 0 Å². The second-order valence-corrected chi connectivity index (χ2v) is 3.73. The van der Waals surface area contributed by atoms with E-state index in [1.54, 1.807) is 49.1 Å². The third-order valence-corrected chi connectivity index (χ3v) is 2.54. The first-order valence-corrected chi connectivity index (χ1v) is 5.53. The maximum Gasteiger partial charge on any atom is 0.251 e. The largest absolute Gasteiger partial charge is 0.394 e. The minimum atomic E-state index is -0.436. The molecule has 1 amide bonds. The van der Waals surface area contributed by atoms with E-state index in [2.05, 4.69) is 15.3 Å². The van der Waals surface area contributed by atoms with Gasteiger partial charge < -0.3 is 10.4 Å². The van der Waals surface area contributed by atoms with Crippen LogP contribution < -0.4 is 5.32 Å². The second-order valence-electron chi connectivity index (χ2n) is 3.73. The van der Waals surface area contributed by atoms with Crippen molar-refractivity contribution in [1.82, 2.24) is 15.3 Å². The number of hydrogen-bond donors (Lipinski definition) is 2. The first-order chi connectivity index (χ1) is 8.81. The highest BCUT2D eigenvalue weighted by Crippen LogP contribution is 2.11. The molecule has 0 fully saturated rings. The van der Waals surface area contributed by atoms with E-state index in [1.165, 1.54) is 0 Å². The lowest BCUT2D eigenvalue weighted by Crippen LogP contribution is -2.30. The Morgan fingerprint density at radius 3 is 2.22 bits per heavy atom. The molecule has 2 rings (SSSR count). The fraction of sp³-hybridized carbons (Fsp3) is 0.154. The number of aliphatic hydroxyl groups excluding tert-OH is 1. The topological polar surface area (TPSA) is 75.1 Å². The van der Waals surface area contributed by atoms with Crippen molar-refractivity contribution in [3.63, 3.8) is 0 Å². The lowest BCUT2D eigenvalue weighted by Gasteiger charge is -2.16. The van der Waals surface area contributed by atoms with Gasteiger partial charge >= 0.3 is 0 Å². The Hall–Kier alpha value is -2.27. The lowest BCUT2D eigenvalue weighted by molar-refractivity contribution is 0.0916. The Labute approximate surface area is 105 Å². The summed E-state index contributed by atoms with van der Waals surface area (Å²) in [6.45, 7) is -0.166. The van der Waals surface area contributed by atoms with Gasteiger partial charge in [-0.25, -0.2) is 0 Å².